The van der Waals surface area contributed by atoms with E-state index in [0.29, 0.717) is 5.75 Å². The van der Waals surface area contributed by atoms with Crippen molar-refractivity contribution in [3.05, 3.63) is 58.1 Å². The van der Waals surface area contributed by atoms with Gasteiger partial charge in [-0.2, -0.15) is 0 Å². The average molecular weight is 526 g/mol. The lowest BCUT2D eigenvalue weighted by Crippen LogP contribution is -2.48. The predicted octanol–water partition coefficient (Wildman–Crippen LogP) is 7.77. The van der Waals surface area contributed by atoms with Crippen molar-refractivity contribution >= 4 is 23.4 Å². The van der Waals surface area contributed by atoms with Crippen molar-refractivity contribution in [2.24, 2.45) is 10.8 Å². The Bertz CT molecular complexity index is 1160. The van der Waals surface area contributed by atoms with Crippen molar-refractivity contribution in [2.75, 3.05) is 5.32 Å². The lowest BCUT2D eigenvalue weighted by Gasteiger charge is -2.46. The highest BCUT2D eigenvalue weighted by molar-refractivity contribution is 5.93. The SMILES string of the molecule is CCC(=O)Nc1ccc(Oc2ccc(C(N(C(=O)O)C3CCC(C)(C)CC3)C(C)(C)C)cc2)cc1[N+](=O)[O-]. The lowest BCUT2D eigenvalue weighted by molar-refractivity contribution is -0.384. The maximum atomic E-state index is 12.6. The van der Waals surface area contributed by atoms with E-state index in [-0.39, 0.29) is 52.4 Å². The minimum Gasteiger partial charge on any atom is -0.465 e. The van der Waals surface area contributed by atoms with Gasteiger partial charge in [0.2, 0.25) is 5.91 Å². The first-order valence-electron chi connectivity index (χ1n) is 13.1. The van der Waals surface area contributed by atoms with Crippen molar-refractivity contribution in [3.8, 4) is 11.5 Å². The molecule has 38 heavy (non-hydrogen) atoms. The highest BCUT2D eigenvalue weighted by atomic mass is 16.6. The first kappa shape index (κ1) is 28.9. The molecule has 206 valence electrons. The van der Waals surface area contributed by atoms with Crippen LogP contribution in [0.4, 0.5) is 16.2 Å². The molecule has 9 heteroatoms. The zero-order valence-corrected chi connectivity index (χ0v) is 23.1. The number of nitro benzene ring substituents is 1. The molecule has 1 unspecified atom stereocenters. The third-order valence-corrected chi connectivity index (χ3v) is 7.21. The number of nitro groups is 1. The van der Waals surface area contributed by atoms with Crippen LogP contribution in [-0.4, -0.2) is 33.0 Å². The van der Waals surface area contributed by atoms with Gasteiger partial charge in [0.1, 0.15) is 17.2 Å². The molecule has 0 spiro atoms. The number of hydrogen-bond acceptors (Lipinski definition) is 5. The van der Waals surface area contributed by atoms with Crippen LogP contribution in [0.5, 0.6) is 11.5 Å². The Morgan fingerprint density at radius 2 is 1.71 bits per heavy atom. The molecule has 0 saturated heterocycles. The summed E-state index contributed by atoms with van der Waals surface area (Å²) < 4.78 is 5.88. The van der Waals surface area contributed by atoms with Crippen LogP contribution in [0.2, 0.25) is 0 Å². The molecule has 3 rings (SSSR count). The number of amides is 2. The maximum Gasteiger partial charge on any atom is 0.408 e. The van der Waals surface area contributed by atoms with Gasteiger partial charge in [-0.1, -0.05) is 53.7 Å². The zero-order valence-electron chi connectivity index (χ0n) is 23.1. The fourth-order valence-corrected chi connectivity index (χ4v) is 5.14. The number of carboxylic acid groups (broad SMARTS) is 1. The molecule has 1 aliphatic carbocycles. The van der Waals surface area contributed by atoms with E-state index in [1.165, 1.54) is 12.1 Å². The van der Waals surface area contributed by atoms with Gasteiger partial charge in [0.25, 0.3) is 5.69 Å². The number of nitrogens with zero attached hydrogens (tertiary/aromatic N) is 2. The van der Waals surface area contributed by atoms with E-state index in [2.05, 4.69) is 19.2 Å². The van der Waals surface area contributed by atoms with Crippen LogP contribution in [-0.2, 0) is 4.79 Å². The van der Waals surface area contributed by atoms with Gasteiger partial charge in [-0.3, -0.25) is 19.8 Å². The van der Waals surface area contributed by atoms with Gasteiger partial charge in [-0.15, -0.1) is 0 Å². The molecule has 1 atom stereocenters. The minimum absolute atomic E-state index is 0.0482. The van der Waals surface area contributed by atoms with Crippen LogP contribution < -0.4 is 10.1 Å². The van der Waals surface area contributed by atoms with Crippen molar-refractivity contribution in [1.82, 2.24) is 4.90 Å². The highest BCUT2D eigenvalue weighted by Crippen LogP contribution is 2.45. The monoisotopic (exact) mass is 525 g/mol. The standard InChI is InChI=1S/C29H39N3O6/c1-7-25(33)30-23-13-12-22(18-24(23)32(36)37)38-21-10-8-19(9-11-21)26(28(2,3)4)31(27(34)35)20-14-16-29(5,6)17-15-20/h8-13,18,20,26H,7,14-17H2,1-6H3,(H,30,33)(H,34,35). The Kier molecular flexibility index (Phi) is 8.69. The Labute approximate surface area is 224 Å². The molecule has 0 aliphatic heterocycles. The van der Waals surface area contributed by atoms with Gasteiger partial charge in [-0.05, 0) is 66.3 Å². The number of hydrogen-bond donors (Lipinski definition) is 2. The fourth-order valence-electron chi connectivity index (χ4n) is 5.14. The van der Waals surface area contributed by atoms with Gasteiger partial charge < -0.3 is 15.2 Å². The Morgan fingerprint density at radius 1 is 1.13 bits per heavy atom. The molecule has 1 saturated carbocycles. The van der Waals surface area contributed by atoms with Crippen LogP contribution in [0.3, 0.4) is 0 Å². The Balaban J connectivity index is 1.86. The number of carbonyl (C=O) groups is 2. The third kappa shape index (κ3) is 7.02. The molecule has 2 aromatic rings. The summed E-state index contributed by atoms with van der Waals surface area (Å²) in [6, 6.07) is 11.1. The predicted molar refractivity (Wildman–Crippen MR) is 147 cm³/mol. The van der Waals surface area contributed by atoms with Crippen LogP contribution in [0.15, 0.2) is 42.5 Å². The smallest absolute Gasteiger partial charge is 0.408 e. The largest absolute Gasteiger partial charge is 0.465 e. The van der Waals surface area contributed by atoms with Gasteiger partial charge in [0.15, 0.2) is 0 Å². The molecule has 9 nitrogen and oxygen atoms in total. The number of carbonyl (C=O) groups excluding carboxylic acids is 1. The first-order chi connectivity index (χ1) is 17.7. The minimum atomic E-state index is -0.919. The zero-order chi connectivity index (χ0) is 28.3. The van der Waals surface area contributed by atoms with Gasteiger partial charge in [-0.25, -0.2) is 4.79 Å². The number of benzene rings is 2. The molecular formula is C29H39N3O6. The number of rotatable bonds is 8. The molecular weight excluding hydrogens is 486 g/mol. The summed E-state index contributed by atoms with van der Waals surface area (Å²) in [5.41, 5.74) is 0.582. The second kappa shape index (κ2) is 11.4. The van der Waals surface area contributed by atoms with Gasteiger partial charge in [0, 0.05) is 12.5 Å². The molecule has 2 amide bonds. The number of ether oxygens (including phenoxy) is 1. The molecule has 0 bridgehead atoms. The topological polar surface area (TPSA) is 122 Å². The fraction of sp³-hybridized carbons (Fsp3) is 0.517. The molecule has 0 aromatic heterocycles. The summed E-state index contributed by atoms with van der Waals surface area (Å²) in [6.07, 6.45) is 2.92. The molecule has 0 heterocycles. The summed E-state index contributed by atoms with van der Waals surface area (Å²) in [4.78, 5) is 36.9. The second-order valence-corrected chi connectivity index (χ2v) is 11.9. The van der Waals surface area contributed by atoms with E-state index in [9.17, 15) is 24.8 Å². The molecule has 1 aliphatic rings. The lowest BCUT2D eigenvalue weighted by atomic mass is 9.73. The van der Waals surface area contributed by atoms with Gasteiger partial charge in [0.05, 0.1) is 17.0 Å². The number of anilines is 1. The van der Waals surface area contributed by atoms with E-state index in [4.69, 9.17) is 4.74 Å². The molecule has 2 N–H and O–H groups in total. The van der Waals surface area contributed by atoms with E-state index in [0.717, 1.165) is 31.2 Å². The Hall–Kier alpha value is -3.62. The average Bonchev–Trinajstić information content (AvgIpc) is 2.83. The van der Waals surface area contributed by atoms with E-state index in [1.807, 2.05) is 32.9 Å². The van der Waals surface area contributed by atoms with Gasteiger partial charge >= 0.3 is 6.09 Å². The van der Waals surface area contributed by atoms with Crippen LogP contribution >= 0.6 is 0 Å². The van der Waals surface area contributed by atoms with Crippen molar-refractivity contribution in [2.45, 2.75) is 85.7 Å². The molecule has 2 aromatic carbocycles. The van der Waals surface area contributed by atoms with Crippen LogP contribution in [0.25, 0.3) is 0 Å². The van der Waals surface area contributed by atoms with Crippen LogP contribution in [0.1, 0.15) is 85.3 Å². The third-order valence-electron chi connectivity index (χ3n) is 7.21. The van der Waals surface area contributed by atoms with Crippen molar-refractivity contribution in [1.29, 1.82) is 0 Å². The van der Waals surface area contributed by atoms with Crippen molar-refractivity contribution < 1.29 is 24.4 Å². The summed E-state index contributed by atoms with van der Waals surface area (Å²) in [5, 5.41) is 24.4. The summed E-state index contributed by atoms with van der Waals surface area (Å²) in [7, 11) is 0. The summed E-state index contributed by atoms with van der Waals surface area (Å²) in [5.74, 6) is 0.392. The molecule has 1 fully saturated rings. The summed E-state index contributed by atoms with van der Waals surface area (Å²) >= 11 is 0. The first-order valence-corrected chi connectivity index (χ1v) is 13.1. The van der Waals surface area contributed by atoms with E-state index >= 15 is 0 Å². The van der Waals surface area contributed by atoms with E-state index < -0.39 is 11.0 Å². The Morgan fingerprint density at radius 3 is 2.21 bits per heavy atom. The van der Waals surface area contributed by atoms with Crippen LogP contribution in [0, 0.1) is 20.9 Å². The molecule has 0 radical (unpaired) electrons. The van der Waals surface area contributed by atoms with Crippen molar-refractivity contribution in [3.63, 3.8) is 0 Å². The maximum absolute atomic E-state index is 12.6. The van der Waals surface area contributed by atoms with E-state index in [1.54, 1.807) is 30.0 Å². The highest BCUT2D eigenvalue weighted by Gasteiger charge is 2.41. The summed E-state index contributed by atoms with van der Waals surface area (Å²) in [6.45, 7) is 12.3. The normalized spacial score (nSPS) is 16.4. The quantitative estimate of drug-likeness (QED) is 0.268. The number of nitrogens with one attached hydrogen (secondary N) is 1. The second-order valence-electron chi connectivity index (χ2n) is 11.9.